The second kappa shape index (κ2) is 5.35. The van der Waals surface area contributed by atoms with Crippen LogP contribution >= 0.6 is 0 Å². The third kappa shape index (κ3) is 3.58. The Morgan fingerprint density at radius 3 is 2.33 bits per heavy atom. The first kappa shape index (κ1) is 11.5. The number of carbonyl (C=O) groups is 1. The van der Waals surface area contributed by atoms with Gasteiger partial charge in [0.25, 0.3) is 0 Å². The lowest BCUT2D eigenvalue weighted by molar-refractivity contribution is -0.111. The number of allylic oxidation sites excluding steroid dienone is 1. The number of anilines is 1. The molecule has 0 spiro atoms. The van der Waals surface area contributed by atoms with Crippen LogP contribution in [0, 0.1) is 0 Å². The van der Waals surface area contributed by atoms with Gasteiger partial charge in [-0.05, 0) is 36.6 Å². The molecule has 0 saturated carbocycles. The molecule has 0 saturated heterocycles. The van der Waals surface area contributed by atoms with E-state index in [1.54, 1.807) is 6.08 Å². The molecule has 80 valence electrons. The fourth-order valence-electron chi connectivity index (χ4n) is 1.29. The van der Waals surface area contributed by atoms with E-state index in [1.807, 2.05) is 31.2 Å². The summed E-state index contributed by atoms with van der Waals surface area (Å²) in [6.07, 6.45) is 3.23. The van der Waals surface area contributed by atoms with Crippen LogP contribution in [0.1, 0.15) is 32.3 Å². The normalized spacial score (nSPS) is 10.9. The van der Waals surface area contributed by atoms with Crippen LogP contribution in [0.15, 0.2) is 36.4 Å². The fraction of sp³-hybridized carbons (Fsp3) is 0.308. The van der Waals surface area contributed by atoms with Gasteiger partial charge in [0, 0.05) is 5.69 Å². The Balaban J connectivity index is 2.68. The average molecular weight is 203 g/mol. The minimum atomic E-state index is -0.0882. The third-order valence-corrected chi connectivity index (χ3v) is 2.16. The summed E-state index contributed by atoms with van der Waals surface area (Å²) >= 11 is 0. The van der Waals surface area contributed by atoms with Gasteiger partial charge in [0.15, 0.2) is 0 Å². The summed E-state index contributed by atoms with van der Waals surface area (Å²) in [5, 5.41) is 2.78. The molecule has 0 aromatic heterocycles. The molecule has 0 aliphatic heterocycles. The van der Waals surface area contributed by atoms with Gasteiger partial charge in [-0.3, -0.25) is 4.79 Å². The molecule has 0 bridgehead atoms. The summed E-state index contributed by atoms with van der Waals surface area (Å²) in [6, 6.07) is 7.93. The number of benzene rings is 1. The van der Waals surface area contributed by atoms with Crippen molar-refractivity contribution in [1.29, 1.82) is 0 Å². The molecule has 0 heterocycles. The van der Waals surface area contributed by atoms with Crippen LogP contribution in [0.2, 0.25) is 0 Å². The Bertz CT molecular complexity index is 349. The lowest BCUT2D eigenvalue weighted by atomic mass is 10.0. The Morgan fingerprint density at radius 2 is 1.87 bits per heavy atom. The monoisotopic (exact) mass is 203 g/mol. The average Bonchev–Trinajstić information content (AvgIpc) is 2.18. The molecule has 2 nitrogen and oxygen atoms in total. The number of nitrogens with one attached hydrogen (secondary N) is 1. The van der Waals surface area contributed by atoms with Crippen LogP contribution in [0.25, 0.3) is 0 Å². The lowest BCUT2D eigenvalue weighted by Crippen LogP contribution is -2.07. The molecule has 0 unspecified atom stereocenters. The molecule has 1 aromatic rings. The maximum absolute atomic E-state index is 11.2. The van der Waals surface area contributed by atoms with Crippen molar-refractivity contribution in [3.05, 3.63) is 42.0 Å². The summed E-state index contributed by atoms with van der Waals surface area (Å²) in [5.41, 5.74) is 2.11. The number of hydrogen-bond donors (Lipinski definition) is 1. The van der Waals surface area contributed by atoms with Gasteiger partial charge in [0.2, 0.25) is 5.91 Å². The molecule has 1 N–H and O–H groups in total. The van der Waals surface area contributed by atoms with Gasteiger partial charge in [0.1, 0.15) is 0 Å². The van der Waals surface area contributed by atoms with Crippen molar-refractivity contribution in [2.75, 3.05) is 5.32 Å². The zero-order valence-electron chi connectivity index (χ0n) is 9.45. The van der Waals surface area contributed by atoms with Crippen LogP contribution < -0.4 is 5.32 Å². The van der Waals surface area contributed by atoms with Gasteiger partial charge >= 0.3 is 0 Å². The molecule has 1 amide bonds. The van der Waals surface area contributed by atoms with Gasteiger partial charge in [-0.25, -0.2) is 0 Å². The molecule has 0 aliphatic rings. The van der Waals surface area contributed by atoms with Crippen molar-refractivity contribution in [3.63, 3.8) is 0 Å². The summed E-state index contributed by atoms with van der Waals surface area (Å²) in [7, 11) is 0. The molecule has 0 atom stereocenters. The predicted octanol–water partition coefficient (Wildman–Crippen LogP) is 3.32. The van der Waals surface area contributed by atoms with E-state index in [1.165, 1.54) is 11.6 Å². The summed E-state index contributed by atoms with van der Waals surface area (Å²) in [5.74, 6) is 0.431. The zero-order valence-corrected chi connectivity index (χ0v) is 9.45. The van der Waals surface area contributed by atoms with Crippen molar-refractivity contribution in [2.24, 2.45) is 0 Å². The van der Waals surface area contributed by atoms with Gasteiger partial charge < -0.3 is 5.32 Å². The first-order valence-electron chi connectivity index (χ1n) is 5.17. The first-order valence-corrected chi connectivity index (χ1v) is 5.17. The topological polar surface area (TPSA) is 29.1 Å². The van der Waals surface area contributed by atoms with E-state index in [0.29, 0.717) is 5.92 Å². The Labute approximate surface area is 91.0 Å². The largest absolute Gasteiger partial charge is 0.323 e. The van der Waals surface area contributed by atoms with Crippen molar-refractivity contribution < 1.29 is 4.79 Å². The highest BCUT2D eigenvalue weighted by Gasteiger charge is 2.00. The lowest BCUT2D eigenvalue weighted by Gasteiger charge is -2.06. The molecular formula is C13H17NO. The van der Waals surface area contributed by atoms with Crippen LogP contribution in [0.4, 0.5) is 5.69 Å². The minimum absolute atomic E-state index is 0.0882. The van der Waals surface area contributed by atoms with Crippen molar-refractivity contribution in [1.82, 2.24) is 0 Å². The SMILES string of the molecule is CC=CC(=O)Nc1ccc(C(C)C)cc1. The molecule has 0 aliphatic carbocycles. The Kier molecular flexibility index (Phi) is 4.10. The summed E-state index contributed by atoms with van der Waals surface area (Å²) in [4.78, 5) is 11.2. The Morgan fingerprint density at radius 1 is 1.27 bits per heavy atom. The first-order chi connectivity index (χ1) is 7.13. The van der Waals surface area contributed by atoms with E-state index in [4.69, 9.17) is 0 Å². The molecule has 2 heteroatoms. The maximum atomic E-state index is 11.2. The maximum Gasteiger partial charge on any atom is 0.248 e. The molecule has 0 radical (unpaired) electrons. The van der Waals surface area contributed by atoms with E-state index in [0.717, 1.165) is 5.69 Å². The van der Waals surface area contributed by atoms with E-state index in [2.05, 4.69) is 19.2 Å². The van der Waals surface area contributed by atoms with Crippen molar-refractivity contribution in [2.45, 2.75) is 26.7 Å². The van der Waals surface area contributed by atoms with E-state index in [9.17, 15) is 4.79 Å². The number of carbonyl (C=O) groups excluding carboxylic acids is 1. The highest BCUT2D eigenvalue weighted by molar-refractivity contribution is 5.99. The molecular weight excluding hydrogens is 186 g/mol. The highest BCUT2D eigenvalue weighted by Crippen LogP contribution is 2.16. The summed E-state index contributed by atoms with van der Waals surface area (Å²) < 4.78 is 0. The predicted molar refractivity (Wildman–Crippen MR) is 64.0 cm³/mol. The van der Waals surface area contributed by atoms with E-state index < -0.39 is 0 Å². The van der Waals surface area contributed by atoms with Gasteiger partial charge in [-0.2, -0.15) is 0 Å². The zero-order chi connectivity index (χ0) is 11.3. The third-order valence-electron chi connectivity index (χ3n) is 2.16. The second-order valence-electron chi connectivity index (χ2n) is 3.77. The van der Waals surface area contributed by atoms with Gasteiger partial charge in [0.05, 0.1) is 0 Å². The van der Waals surface area contributed by atoms with Crippen LogP contribution in [-0.4, -0.2) is 5.91 Å². The van der Waals surface area contributed by atoms with Crippen LogP contribution in [0.3, 0.4) is 0 Å². The van der Waals surface area contributed by atoms with Gasteiger partial charge in [-0.1, -0.05) is 32.1 Å². The van der Waals surface area contributed by atoms with E-state index in [-0.39, 0.29) is 5.91 Å². The number of hydrogen-bond acceptors (Lipinski definition) is 1. The minimum Gasteiger partial charge on any atom is -0.323 e. The Hall–Kier alpha value is -1.57. The molecule has 1 aromatic carbocycles. The number of amides is 1. The van der Waals surface area contributed by atoms with Crippen molar-refractivity contribution in [3.8, 4) is 0 Å². The van der Waals surface area contributed by atoms with Crippen LogP contribution in [0.5, 0.6) is 0 Å². The summed E-state index contributed by atoms with van der Waals surface area (Å²) in [6.45, 7) is 6.11. The number of rotatable bonds is 3. The molecule has 15 heavy (non-hydrogen) atoms. The smallest absolute Gasteiger partial charge is 0.248 e. The second-order valence-corrected chi connectivity index (χ2v) is 3.77. The van der Waals surface area contributed by atoms with Crippen molar-refractivity contribution >= 4 is 11.6 Å². The quantitative estimate of drug-likeness (QED) is 0.750. The molecule has 0 fully saturated rings. The molecule has 1 rings (SSSR count). The standard InChI is InChI=1S/C13H17NO/c1-4-5-13(15)14-12-8-6-11(7-9-12)10(2)3/h4-10H,1-3H3,(H,14,15). The highest BCUT2D eigenvalue weighted by atomic mass is 16.1. The van der Waals surface area contributed by atoms with Gasteiger partial charge in [-0.15, -0.1) is 0 Å². The van der Waals surface area contributed by atoms with E-state index >= 15 is 0 Å². The van der Waals surface area contributed by atoms with Crippen LogP contribution in [-0.2, 0) is 4.79 Å². The fourth-order valence-corrected chi connectivity index (χ4v) is 1.29.